The summed E-state index contributed by atoms with van der Waals surface area (Å²) in [5.41, 5.74) is 5.78. The molecule has 0 aliphatic carbocycles. The molecule has 582 valence electrons. The number of nitrogens with two attached hydrogens (primary N) is 2. The van der Waals surface area contributed by atoms with Crippen molar-refractivity contribution in [1.29, 1.82) is 0 Å². The third-order valence-electron chi connectivity index (χ3n) is 18.2. The van der Waals surface area contributed by atoms with Crippen LogP contribution in [0, 0.1) is 17.8 Å². The van der Waals surface area contributed by atoms with E-state index in [4.69, 9.17) is 16.6 Å². The maximum absolute atomic E-state index is 14.9. The fourth-order valence-corrected chi connectivity index (χ4v) is 12.2. The highest BCUT2D eigenvalue weighted by Crippen LogP contribution is 2.59. The van der Waals surface area contributed by atoms with Crippen molar-refractivity contribution in [2.45, 2.75) is 223 Å². The monoisotopic (exact) mass is 1510 g/mol. The quantitative estimate of drug-likeness (QED) is 0.0378. The molecule has 2 aromatic carbocycles. The summed E-state index contributed by atoms with van der Waals surface area (Å²) in [4.78, 5) is 224. The number of carbonyl (C=O) groups excluding carboxylic acids is 11. The van der Waals surface area contributed by atoms with Crippen molar-refractivity contribution in [2.24, 2.45) is 29.2 Å². The SMILES string of the molecule is CCC(C)C(NC(=O)C1CCCN1C(=O)C(NC(=O)C(CCC(=O)O)NC(=O)C(CCC(=O)O)NC(=O)C(Cc1ccc(C(F)(F)P(=O)(O)O)cc1)NC(=O)C(CCC(N)=O)NC(=O)C1CCCN1C(=O)C(N)CCC(=O)O)C(C)CC)C(=O)NC(Cc1ccc(O)cc1)C(=O)NC(CC(C)C)C(=O)O. The van der Waals surface area contributed by atoms with Crippen molar-refractivity contribution in [2.75, 3.05) is 13.1 Å². The summed E-state index contributed by atoms with van der Waals surface area (Å²) in [6.07, 6.45) is -5.22. The van der Waals surface area contributed by atoms with Gasteiger partial charge in [0.15, 0.2) is 0 Å². The lowest BCUT2D eigenvalue weighted by Crippen LogP contribution is -2.62. The molecule has 35 nitrogen and oxygen atoms in total. The van der Waals surface area contributed by atoms with Gasteiger partial charge in [-0.3, -0.25) is 71.7 Å². The number of aromatic hydroxyl groups is 1. The molecule has 19 N–H and O–H groups in total. The number of nitrogens with zero attached hydrogens (tertiary/aromatic N) is 2. The second-order valence-electron chi connectivity index (χ2n) is 26.7. The molecule has 0 aromatic heterocycles. The zero-order valence-corrected chi connectivity index (χ0v) is 59.9. The van der Waals surface area contributed by atoms with Crippen LogP contribution in [0.2, 0.25) is 0 Å². The van der Waals surface area contributed by atoms with E-state index in [0.717, 1.165) is 21.9 Å². The lowest BCUT2D eigenvalue weighted by molar-refractivity contribution is -0.144. The van der Waals surface area contributed by atoms with Gasteiger partial charge in [0.1, 0.15) is 66.2 Å². The maximum Gasteiger partial charge on any atom is 0.399 e. The Labute approximate surface area is 603 Å². The second-order valence-corrected chi connectivity index (χ2v) is 28.4. The molecule has 13 atom stereocenters. The number of aliphatic carboxylic acids is 4. The Morgan fingerprint density at radius 2 is 0.895 bits per heavy atom. The summed E-state index contributed by atoms with van der Waals surface area (Å²) in [7, 11) is -6.13. The van der Waals surface area contributed by atoms with Crippen molar-refractivity contribution < 1.29 is 121 Å². The number of primary amides is 1. The summed E-state index contributed by atoms with van der Waals surface area (Å²) >= 11 is 0. The van der Waals surface area contributed by atoms with E-state index in [2.05, 4.69) is 42.5 Å². The summed E-state index contributed by atoms with van der Waals surface area (Å²) in [6, 6.07) is -8.78. The molecule has 2 aliphatic heterocycles. The smallest absolute Gasteiger partial charge is 0.399 e. The molecule has 0 radical (unpaired) electrons. The summed E-state index contributed by atoms with van der Waals surface area (Å²) in [6.45, 7) is 9.96. The average molecular weight is 1510 g/mol. The second kappa shape index (κ2) is 40.5. The molecular formula is C67H97F2N12O23P. The van der Waals surface area contributed by atoms with E-state index in [1.807, 2.05) is 0 Å². The predicted octanol–water partition coefficient (Wildman–Crippen LogP) is -0.325. The molecule has 2 heterocycles. The van der Waals surface area contributed by atoms with Crippen molar-refractivity contribution in [3.63, 3.8) is 0 Å². The van der Waals surface area contributed by atoms with Crippen molar-refractivity contribution >= 4 is 96.5 Å². The molecule has 11 amide bonds. The molecule has 0 bridgehead atoms. The van der Waals surface area contributed by atoms with Crippen LogP contribution in [0.3, 0.4) is 0 Å². The summed E-state index contributed by atoms with van der Waals surface area (Å²) in [5, 5.41) is 68.4. The lowest BCUT2D eigenvalue weighted by atomic mass is 9.95. The predicted molar refractivity (Wildman–Crippen MR) is 366 cm³/mol. The number of halogens is 2. The number of amides is 11. The van der Waals surface area contributed by atoms with E-state index in [-0.39, 0.29) is 88.1 Å². The van der Waals surface area contributed by atoms with Gasteiger partial charge in [0.05, 0.1) is 6.04 Å². The van der Waals surface area contributed by atoms with Gasteiger partial charge in [-0.1, -0.05) is 90.8 Å². The minimum atomic E-state index is -6.13. The molecule has 2 aliphatic rings. The van der Waals surface area contributed by atoms with Gasteiger partial charge < -0.3 is 99.1 Å². The van der Waals surface area contributed by atoms with Gasteiger partial charge >= 0.3 is 37.1 Å². The van der Waals surface area contributed by atoms with Gasteiger partial charge in [0, 0.05) is 57.2 Å². The number of hydrogen-bond acceptors (Lipinski definition) is 18. The lowest BCUT2D eigenvalue weighted by Gasteiger charge is -2.33. The fraction of sp³-hybridized carbons (Fsp3) is 0.597. The van der Waals surface area contributed by atoms with Crippen LogP contribution in [0.15, 0.2) is 48.5 Å². The first-order chi connectivity index (χ1) is 49.1. The molecule has 2 saturated heterocycles. The maximum atomic E-state index is 14.9. The molecule has 38 heteroatoms. The molecule has 2 fully saturated rings. The van der Waals surface area contributed by atoms with Gasteiger partial charge in [0.25, 0.3) is 0 Å². The highest BCUT2D eigenvalue weighted by atomic mass is 31.2. The first-order valence-corrected chi connectivity index (χ1v) is 36.0. The minimum Gasteiger partial charge on any atom is -0.508 e. The van der Waals surface area contributed by atoms with Gasteiger partial charge in [-0.2, -0.15) is 8.78 Å². The standard InChI is InChI=1S/C67H97F2N12O23P/c1-7-35(5)54(63(97)76-46(33-38-15-19-40(82)20-16-38)60(94)77-47(66(100)101)31-34(3)4)78-62(96)49-12-10-30-81(49)65(99)55(36(6)8-2)79-58(92)44(24-28-53(88)89)72-56(90)43(23-27-52(86)87)73-59(93)45(32-37-13-17-39(18-14-37)67(68,69)105(102,103)104)75-57(91)42(22-25-50(71)83)74-61(95)48-11-9-29-80(48)64(98)41(70)21-26-51(84)85/h13-20,34-36,41-49,54-55,82H,7-12,21-33,70H2,1-6H3,(H2,71,83)(H,72,90)(H,73,93)(H,74,95)(H,75,91)(H,76,97)(H,77,94)(H,78,96)(H,79,92)(H,84,85)(H,86,87)(H,88,89)(H,100,101)(H2,102,103,104). The Bertz CT molecular complexity index is 3510. The van der Waals surface area contributed by atoms with Gasteiger partial charge in [0.2, 0.25) is 65.0 Å². The number of nitrogens with one attached hydrogen (secondary N) is 8. The normalized spacial score (nSPS) is 17.6. The van der Waals surface area contributed by atoms with E-state index in [1.54, 1.807) is 41.5 Å². The van der Waals surface area contributed by atoms with E-state index in [0.29, 0.717) is 17.7 Å². The Kier molecular flexibility index (Phi) is 33.8. The third kappa shape index (κ3) is 26.7. The molecule has 2 aromatic rings. The number of carbonyl (C=O) groups is 15. The number of likely N-dealkylation sites (tertiary alicyclic amines) is 2. The first-order valence-electron chi connectivity index (χ1n) is 34.4. The minimum absolute atomic E-state index is 0.00723. The average Bonchev–Trinajstić information content (AvgIpc) is 1.22. The van der Waals surface area contributed by atoms with Crippen LogP contribution >= 0.6 is 7.60 Å². The van der Waals surface area contributed by atoms with Crippen LogP contribution < -0.4 is 54.0 Å². The molecule has 13 unspecified atom stereocenters. The summed E-state index contributed by atoms with van der Waals surface area (Å²) in [5.74, 6) is -18.7. The molecule has 4 rings (SSSR count). The number of carboxylic acid groups (broad SMARTS) is 4. The number of rotatable bonds is 43. The van der Waals surface area contributed by atoms with Crippen LogP contribution in [-0.4, -0.2) is 214 Å². The van der Waals surface area contributed by atoms with Gasteiger partial charge in [-0.15, -0.1) is 0 Å². The van der Waals surface area contributed by atoms with E-state index in [9.17, 15) is 115 Å². The van der Waals surface area contributed by atoms with Crippen LogP contribution in [0.5, 0.6) is 5.75 Å². The van der Waals surface area contributed by atoms with E-state index >= 15 is 0 Å². The van der Waals surface area contributed by atoms with Crippen LogP contribution in [-0.2, 0) is 95.0 Å². The van der Waals surface area contributed by atoms with Gasteiger partial charge in [-0.05, 0) is 98.8 Å². The highest BCUT2D eigenvalue weighted by Gasteiger charge is 2.51. The number of phenols is 1. The number of hydrogen-bond donors (Lipinski definition) is 17. The Morgan fingerprint density at radius 1 is 0.514 bits per heavy atom. The Hall–Kier alpha value is -9.74. The zero-order valence-electron chi connectivity index (χ0n) is 59.1. The van der Waals surface area contributed by atoms with Crippen LogP contribution in [0.1, 0.15) is 155 Å². The third-order valence-corrected chi connectivity index (χ3v) is 19.2. The highest BCUT2D eigenvalue weighted by molar-refractivity contribution is 7.52. The Morgan fingerprint density at radius 3 is 1.33 bits per heavy atom. The van der Waals surface area contributed by atoms with Crippen molar-refractivity contribution in [3.8, 4) is 5.75 Å². The van der Waals surface area contributed by atoms with Gasteiger partial charge in [-0.25, -0.2) is 4.79 Å². The van der Waals surface area contributed by atoms with Crippen LogP contribution in [0.4, 0.5) is 8.78 Å². The van der Waals surface area contributed by atoms with Crippen molar-refractivity contribution in [3.05, 3.63) is 65.2 Å². The summed E-state index contributed by atoms with van der Waals surface area (Å²) < 4.78 is 41.4. The molecule has 105 heavy (non-hydrogen) atoms. The molecule has 0 saturated carbocycles. The molecule has 0 spiro atoms. The largest absolute Gasteiger partial charge is 0.508 e. The Balaban J connectivity index is 1.68. The van der Waals surface area contributed by atoms with Crippen molar-refractivity contribution in [1.82, 2.24) is 52.3 Å². The number of alkyl halides is 2. The molecular weight excluding hydrogens is 1410 g/mol. The number of phenolic OH excluding ortho intramolecular Hbond substituents is 1. The zero-order chi connectivity index (χ0) is 79.0. The van der Waals surface area contributed by atoms with Crippen LogP contribution in [0.25, 0.3) is 0 Å². The topological polar surface area (TPSA) is 569 Å². The fourth-order valence-electron chi connectivity index (χ4n) is 11.8. The van der Waals surface area contributed by atoms with E-state index < -0.39 is 237 Å². The number of benzene rings is 2. The van der Waals surface area contributed by atoms with E-state index in [1.165, 1.54) is 24.3 Å². The number of carboxylic acids is 4. The first kappa shape index (κ1) is 87.7.